The first-order valence-corrected chi connectivity index (χ1v) is 8.12. The summed E-state index contributed by atoms with van der Waals surface area (Å²) >= 11 is 0. The van der Waals surface area contributed by atoms with Crippen LogP contribution in [0.3, 0.4) is 0 Å². The second-order valence-electron chi connectivity index (χ2n) is 4.61. The molecule has 6 nitrogen and oxygen atoms in total. The quantitative estimate of drug-likeness (QED) is 0.880. The molecular weight excluding hydrogens is 290 g/mol. The van der Waals surface area contributed by atoms with E-state index in [9.17, 15) is 8.42 Å². The Morgan fingerprint density at radius 2 is 1.95 bits per heavy atom. The van der Waals surface area contributed by atoms with Crippen LogP contribution in [0.1, 0.15) is 18.2 Å². The molecule has 1 heterocycles. The summed E-state index contributed by atoms with van der Waals surface area (Å²) in [4.78, 5) is 0.215. The topological polar surface area (TPSA) is 73.2 Å². The Morgan fingerprint density at radius 3 is 2.48 bits per heavy atom. The molecule has 1 N–H and O–H groups in total. The van der Waals surface area contributed by atoms with Gasteiger partial charge in [-0.15, -0.1) is 0 Å². The summed E-state index contributed by atoms with van der Waals surface area (Å²) in [7, 11) is -1.72. The lowest BCUT2D eigenvalue weighted by molar-refractivity contribution is 0.340. The SMILES string of the molecule is CCOc1ccc(S(=O)(=O)NCc2cnn(C)c2C)cc1. The Labute approximate surface area is 124 Å². The molecule has 0 saturated carbocycles. The van der Waals surface area contributed by atoms with Crippen LogP contribution in [0.2, 0.25) is 0 Å². The van der Waals surface area contributed by atoms with Crippen LogP contribution in [-0.2, 0) is 23.6 Å². The third-order valence-electron chi connectivity index (χ3n) is 3.23. The van der Waals surface area contributed by atoms with E-state index in [1.165, 1.54) is 12.1 Å². The van der Waals surface area contributed by atoms with Crippen molar-refractivity contribution in [3.63, 3.8) is 0 Å². The summed E-state index contributed by atoms with van der Waals surface area (Å²) in [5.41, 5.74) is 1.79. The molecule has 2 rings (SSSR count). The molecule has 114 valence electrons. The Balaban J connectivity index is 2.09. The van der Waals surface area contributed by atoms with Crippen molar-refractivity contribution in [1.29, 1.82) is 0 Å². The van der Waals surface area contributed by atoms with Gasteiger partial charge < -0.3 is 4.74 Å². The van der Waals surface area contributed by atoms with E-state index in [0.29, 0.717) is 12.4 Å². The molecule has 0 aliphatic rings. The fraction of sp³-hybridized carbons (Fsp3) is 0.357. The fourth-order valence-corrected chi connectivity index (χ4v) is 2.86. The van der Waals surface area contributed by atoms with Gasteiger partial charge in [0.05, 0.1) is 17.7 Å². The summed E-state index contributed by atoms with van der Waals surface area (Å²) in [6.07, 6.45) is 1.66. The first kappa shape index (κ1) is 15.5. The number of sulfonamides is 1. The number of nitrogens with zero attached hydrogens (tertiary/aromatic N) is 2. The van der Waals surface area contributed by atoms with Crippen LogP contribution >= 0.6 is 0 Å². The van der Waals surface area contributed by atoms with Crippen LogP contribution < -0.4 is 9.46 Å². The predicted octanol–water partition coefficient (Wildman–Crippen LogP) is 1.61. The van der Waals surface area contributed by atoms with E-state index in [-0.39, 0.29) is 11.4 Å². The standard InChI is InChI=1S/C14H19N3O3S/c1-4-20-13-5-7-14(8-6-13)21(18,19)16-10-12-9-15-17(3)11(12)2/h5-9,16H,4,10H2,1-3H3. The number of nitrogens with one attached hydrogen (secondary N) is 1. The lowest BCUT2D eigenvalue weighted by atomic mass is 10.3. The minimum absolute atomic E-state index is 0.215. The van der Waals surface area contributed by atoms with Gasteiger partial charge in [-0.25, -0.2) is 13.1 Å². The van der Waals surface area contributed by atoms with Crippen molar-refractivity contribution in [3.05, 3.63) is 41.7 Å². The van der Waals surface area contributed by atoms with E-state index in [4.69, 9.17) is 4.74 Å². The van der Waals surface area contributed by atoms with Gasteiger partial charge in [0.1, 0.15) is 5.75 Å². The molecule has 0 saturated heterocycles. The van der Waals surface area contributed by atoms with Crippen molar-refractivity contribution in [1.82, 2.24) is 14.5 Å². The molecule has 21 heavy (non-hydrogen) atoms. The van der Waals surface area contributed by atoms with E-state index in [1.807, 2.05) is 20.9 Å². The molecule has 0 atom stereocenters. The summed E-state index contributed by atoms with van der Waals surface area (Å²) in [5, 5.41) is 4.09. The van der Waals surface area contributed by atoms with Gasteiger partial charge in [-0.05, 0) is 38.1 Å². The Hall–Kier alpha value is -1.86. The molecule has 0 amide bonds. The van der Waals surface area contributed by atoms with Gasteiger partial charge in [-0.3, -0.25) is 4.68 Å². The molecule has 0 aliphatic heterocycles. The number of hydrogen-bond acceptors (Lipinski definition) is 4. The number of benzene rings is 1. The Bertz CT molecular complexity index is 706. The molecule has 2 aromatic rings. The normalized spacial score (nSPS) is 11.6. The lowest BCUT2D eigenvalue weighted by Gasteiger charge is -2.08. The van der Waals surface area contributed by atoms with Crippen molar-refractivity contribution in [2.45, 2.75) is 25.3 Å². The molecule has 7 heteroatoms. The van der Waals surface area contributed by atoms with Crippen molar-refractivity contribution in [2.24, 2.45) is 7.05 Å². The van der Waals surface area contributed by atoms with E-state index >= 15 is 0 Å². The van der Waals surface area contributed by atoms with Gasteiger partial charge in [-0.1, -0.05) is 0 Å². The number of ether oxygens (including phenoxy) is 1. The summed E-state index contributed by atoms with van der Waals surface area (Å²) in [6, 6.07) is 6.35. The number of aromatic nitrogens is 2. The monoisotopic (exact) mass is 309 g/mol. The van der Waals surface area contributed by atoms with Gasteiger partial charge >= 0.3 is 0 Å². The molecule has 0 radical (unpaired) electrons. The molecule has 0 unspecified atom stereocenters. The minimum Gasteiger partial charge on any atom is -0.494 e. The largest absolute Gasteiger partial charge is 0.494 e. The minimum atomic E-state index is -3.54. The van der Waals surface area contributed by atoms with Gasteiger partial charge in [0, 0.05) is 24.8 Å². The average Bonchev–Trinajstić information content (AvgIpc) is 2.78. The van der Waals surface area contributed by atoms with Gasteiger partial charge in [0.2, 0.25) is 10.0 Å². The van der Waals surface area contributed by atoms with Crippen molar-refractivity contribution < 1.29 is 13.2 Å². The van der Waals surface area contributed by atoms with Crippen molar-refractivity contribution >= 4 is 10.0 Å². The third-order valence-corrected chi connectivity index (χ3v) is 4.65. The van der Waals surface area contributed by atoms with Crippen molar-refractivity contribution in [3.8, 4) is 5.75 Å². The Morgan fingerprint density at radius 1 is 1.29 bits per heavy atom. The summed E-state index contributed by atoms with van der Waals surface area (Å²) in [5.74, 6) is 0.652. The first-order chi connectivity index (χ1) is 9.94. The second-order valence-corrected chi connectivity index (χ2v) is 6.37. The second kappa shape index (κ2) is 6.28. The van der Waals surface area contributed by atoms with Crippen LogP contribution in [0.15, 0.2) is 35.4 Å². The zero-order valence-electron chi connectivity index (χ0n) is 12.3. The van der Waals surface area contributed by atoms with E-state index < -0.39 is 10.0 Å². The number of hydrogen-bond donors (Lipinski definition) is 1. The highest BCUT2D eigenvalue weighted by Gasteiger charge is 2.15. The highest BCUT2D eigenvalue weighted by molar-refractivity contribution is 7.89. The van der Waals surface area contributed by atoms with Gasteiger partial charge in [-0.2, -0.15) is 5.10 Å². The lowest BCUT2D eigenvalue weighted by Crippen LogP contribution is -2.23. The summed E-state index contributed by atoms with van der Waals surface area (Å²) < 4.78 is 34.0. The highest BCUT2D eigenvalue weighted by atomic mass is 32.2. The molecule has 1 aromatic carbocycles. The maximum Gasteiger partial charge on any atom is 0.240 e. The average molecular weight is 309 g/mol. The molecule has 0 aliphatic carbocycles. The van der Waals surface area contributed by atoms with Crippen LogP contribution in [0, 0.1) is 6.92 Å². The van der Waals surface area contributed by atoms with Crippen LogP contribution in [0.5, 0.6) is 5.75 Å². The smallest absolute Gasteiger partial charge is 0.240 e. The van der Waals surface area contributed by atoms with Crippen LogP contribution in [0.25, 0.3) is 0 Å². The number of rotatable bonds is 6. The van der Waals surface area contributed by atoms with E-state index in [2.05, 4.69) is 9.82 Å². The van der Waals surface area contributed by atoms with Crippen LogP contribution in [0.4, 0.5) is 0 Å². The fourth-order valence-electron chi connectivity index (χ4n) is 1.86. The van der Waals surface area contributed by atoms with Crippen molar-refractivity contribution in [2.75, 3.05) is 6.61 Å². The molecule has 0 bridgehead atoms. The van der Waals surface area contributed by atoms with E-state index in [1.54, 1.807) is 23.0 Å². The highest BCUT2D eigenvalue weighted by Crippen LogP contribution is 2.16. The van der Waals surface area contributed by atoms with E-state index in [0.717, 1.165) is 11.3 Å². The first-order valence-electron chi connectivity index (χ1n) is 6.64. The zero-order valence-corrected chi connectivity index (χ0v) is 13.1. The maximum atomic E-state index is 12.2. The molecule has 0 spiro atoms. The number of aryl methyl sites for hydroxylation is 1. The maximum absolute atomic E-state index is 12.2. The van der Waals surface area contributed by atoms with Gasteiger partial charge in [0.15, 0.2) is 0 Å². The molecular formula is C14H19N3O3S. The van der Waals surface area contributed by atoms with Crippen LogP contribution in [-0.4, -0.2) is 24.8 Å². The zero-order chi connectivity index (χ0) is 15.5. The predicted molar refractivity (Wildman–Crippen MR) is 79.6 cm³/mol. The molecule has 1 aromatic heterocycles. The Kier molecular flexibility index (Phi) is 4.64. The van der Waals surface area contributed by atoms with Gasteiger partial charge in [0.25, 0.3) is 0 Å². The molecule has 0 fully saturated rings. The third kappa shape index (κ3) is 3.62. The summed E-state index contributed by atoms with van der Waals surface area (Å²) in [6.45, 7) is 4.54.